The second-order valence-electron chi connectivity index (χ2n) is 5.67. The molecule has 0 unspecified atom stereocenters. The first kappa shape index (κ1) is 16.3. The number of aromatic nitrogens is 2. The van der Waals surface area contributed by atoms with E-state index < -0.39 is 0 Å². The van der Waals surface area contributed by atoms with Gasteiger partial charge in [0.25, 0.3) is 0 Å². The molecule has 2 rings (SSSR count). The monoisotopic (exact) mass is 365 g/mol. The maximum absolute atomic E-state index is 4.74. The van der Waals surface area contributed by atoms with E-state index >= 15 is 0 Å². The third-order valence-electron chi connectivity index (χ3n) is 2.82. The fourth-order valence-electron chi connectivity index (χ4n) is 1.79. The normalized spacial score (nSPS) is 11.5. The minimum absolute atomic E-state index is 0.198. The average Bonchev–Trinajstić information content (AvgIpc) is 2.46. The maximum atomic E-state index is 4.74. The minimum atomic E-state index is 0.198. The number of hydrogen-bond acceptors (Lipinski definition) is 4. The van der Waals surface area contributed by atoms with Crippen LogP contribution in [0, 0.1) is 0 Å². The number of benzene rings is 1. The second-order valence-corrected chi connectivity index (χ2v) is 8.26. The summed E-state index contributed by atoms with van der Waals surface area (Å²) in [5, 5.41) is 3.14. The maximum Gasteiger partial charge on any atom is 0.144 e. The van der Waals surface area contributed by atoms with Crippen molar-refractivity contribution in [3.8, 4) is 11.3 Å². The zero-order valence-electron chi connectivity index (χ0n) is 12.8. The van der Waals surface area contributed by atoms with Crippen molar-refractivity contribution in [2.75, 3.05) is 12.4 Å². The van der Waals surface area contributed by atoms with Gasteiger partial charge in [-0.3, -0.25) is 0 Å². The van der Waals surface area contributed by atoms with E-state index in [2.05, 4.69) is 59.1 Å². The highest BCUT2D eigenvalue weighted by molar-refractivity contribution is 9.10. The topological polar surface area (TPSA) is 37.8 Å². The Hall–Kier alpha value is -1.07. The van der Waals surface area contributed by atoms with Gasteiger partial charge in [0.1, 0.15) is 11.6 Å². The Bertz CT molecular complexity index is 609. The van der Waals surface area contributed by atoms with Crippen molar-refractivity contribution >= 4 is 33.5 Å². The van der Waals surface area contributed by atoms with Gasteiger partial charge in [0, 0.05) is 17.4 Å². The lowest BCUT2D eigenvalue weighted by atomic mass is 10.1. The molecule has 1 aromatic carbocycles. The molecule has 2 aromatic rings. The smallest absolute Gasteiger partial charge is 0.144 e. The molecule has 0 aliphatic heterocycles. The van der Waals surface area contributed by atoms with Crippen LogP contribution < -0.4 is 5.32 Å². The molecular formula is C16H20BrN3S. The van der Waals surface area contributed by atoms with E-state index in [1.807, 2.05) is 37.0 Å². The Labute approximate surface area is 139 Å². The quantitative estimate of drug-likeness (QED) is 0.828. The Morgan fingerprint density at radius 2 is 1.81 bits per heavy atom. The molecule has 5 heteroatoms. The first-order valence-electron chi connectivity index (χ1n) is 6.84. The van der Waals surface area contributed by atoms with Gasteiger partial charge >= 0.3 is 0 Å². The van der Waals surface area contributed by atoms with Crippen LogP contribution in [0.2, 0.25) is 0 Å². The van der Waals surface area contributed by atoms with E-state index in [1.165, 1.54) is 0 Å². The largest absolute Gasteiger partial charge is 0.372 e. The summed E-state index contributed by atoms with van der Waals surface area (Å²) in [6, 6.07) is 10.2. The van der Waals surface area contributed by atoms with Gasteiger partial charge in [-0.25, -0.2) is 9.97 Å². The molecule has 1 N–H and O–H groups in total. The lowest BCUT2D eigenvalue weighted by Crippen LogP contribution is -2.10. The number of thioether (sulfide) groups is 1. The highest BCUT2D eigenvalue weighted by Crippen LogP contribution is 2.33. The Morgan fingerprint density at radius 3 is 2.38 bits per heavy atom. The van der Waals surface area contributed by atoms with E-state index in [0.29, 0.717) is 0 Å². The van der Waals surface area contributed by atoms with Gasteiger partial charge in [-0.2, -0.15) is 0 Å². The van der Waals surface area contributed by atoms with Gasteiger partial charge in [-0.15, -0.1) is 11.8 Å². The predicted molar refractivity (Wildman–Crippen MR) is 95.8 cm³/mol. The molecule has 0 amide bonds. The summed E-state index contributed by atoms with van der Waals surface area (Å²) in [5.41, 5.74) is 2.02. The molecule has 112 valence electrons. The molecule has 21 heavy (non-hydrogen) atoms. The van der Waals surface area contributed by atoms with Crippen LogP contribution in [-0.2, 0) is 5.75 Å². The van der Waals surface area contributed by atoms with E-state index in [4.69, 9.17) is 4.98 Å². The van der Waals surface area contributed by atoms with E-state index in [1.54, 1.807) is 0 Å². The second kappa shape index (κ2) is 6.79. The number of anilines is 1. The number of nitrogens with zero attached hydrogens (tertiary/aromatic N) is 2. The van der Waals surface area contributed by atoms with Crippen LogP contribution in [0.25, 0.3) is 11.3 Å². The molecule has 0 saturated heterocycles. The minimum Gasteiger partial charge on any atom is -0.372 e. The molecule has 0 radical (unpaired) electrons. The van der Waals surface area contributed by atoms with E-state index in [9.17, 15) is 0 Å². The molecule has 0 aliphatic rings. The summed E-state index contributed by atoms with van der Waals surface area (Å²) >= 11 is 5.46. The highest BCUT2D eigenvalue weighted by Gasteiger charge is 2.16. The van der Waals surface area contributed by atoms with Crippen molar-refractivity contribution in [2.24, 2.45) is 0 Å². The van der Waals surface area contributed by atoms with Crippen molar-refractivity contribution in [1.82, 2.24) is 9.97 Å². The third-order valence-corrected chi connectivity index (χ3v) is 4.84. The highest BCUT2D eigenvalue weighted by atomic mass is 79.9. The number of nitrogens with one attached hydrogen (secondary N) is 1. The molecule has 0 bridgehead atoms. The summed E-state index contributed by atoms with van der Waals surface area (Å²) < 4.78 is 1.10. The van der Waals surface area contributed by atoms with Crippen molar-refractivity contribution in [3.63, 3.8) is 0 Å². The van der Waals surface area contributed by atoms with Crippen LogP contribution in [-0.4, -0.2) is 21.8 Å². The van der Waals surface area contributed by atoms with Crippen LogP contribution in [0.5, 0.6) is 0 Å². The molecule has 0 fully saturated rings. The Kier molecular flexibility index (Phi) is 5.27. The molecule has 1 heterocycles. The lowest BCUT2D eigenvalue weighted by molar-refractivity contribution is 0.800. The molecule has 0 atom stereocenters. The van der Waals surface area contributed by atoms with Crippen molar-refractivity contribution in [3.05, 3.63) is 40.6 Å². The molecule has 0 aliphatic carbocycles. The van der Waals surface area contributed by atoms with Crippen LogP contribution in [0.3, 0.4) is 0 Å². The van der Waals surface area contributed by atoms with Gasteiger partial charge in [-0.1, -0.05) is 51.1 Å². The van der Waals surface area contributed by atoms with Crippen molar-refractivity contribution in [1.29, 1.82) is 0 Å². The molecule has 3 nitrogen and oxygen atoms in total. The molecule has 0 spiro atoms. The number of halogens is 1. The van der Waals surface area contributed by atoms with Crippen molar-refractivity contribution < 1.29 is 0 Å². The van der Waals surface area contributed by atoms with Gasteiger partial charge in [0.15, 0.2) is 0 Å². The third kappa shape index (κ3) is 4.45. The van der Waals surface area contributed by atoms with E-state index in [0.717, 1.165) is 33.1 Å². The van der Waals surface area contributed by atoms with Crippen LogP contribution in [0.15, 0.2) is 34.8 Å². The first-order chi connectivity index (χ1) is 9.90. The van der Waals surface area contributed by atoms with Gasteiger partial charge in [-0.05, 0) is 15.9 Å². The number of hydrogen-bond donors (Lipinski definition) is 1. The fraction of sp³-hybridized carbons (Fsp3) is 0.375. The number of rotatable bonds is 4. The summed E-state index contributed by atoms with van der Waals surface area (Å²) in [6.07, 6.45) is 0. The summed E-state index contributed by atoms with van der Waals surface area (Å²) in [5.74, 6) is 2.47. The lowest BCUT2D eigenvalue weighted by Gasteiger charge is -2.18. The van der Waals surface area contributed by atoms with Gasteiger partial charge in [0.2, 0.25) is 0 Å². The van der Waals surface area contributed by atoms with E-state index in [-0.39, 0.29) is 4.75 Å². The zero-order chi connectivity index (χ0) is 15.5. The summed E-state index contributed by atoms with van der Waals surface area (Å²) in [4.78, 5) is 9.33. The molecule has 1 aromatic heterocycles. The average molecular weight is 366 g/mol. The zero-order valence-corrected chi connectivity index (χ0v) is 15.2. The fourth-order valence-corrected chi connectivity index (χ4v) is 3.09. The van der Waals surface area contributed by atoms with Crippen molar-refractivity contribution in [2.45, 2.75) is 31.3 Å². The van der Waals surface area contributed by atoms with Gasteiger partial charge < -0.3 is 5.32 Å². The molecule has 0 saturated carbocycles. The van der Waals surface area contributed by atoms with Crippen LogP contribution in [0.1, 0.15) is 26.6 Å². The SMILES string of the molecule is CNc1nc(CSC(C)(C)C)nc(-c2ccccc2)c1Br. The summed E-state index contributed by atoms with van der Waals surface area (Å²) in [6.45, 7) is 6.61. The first-order valence-corrected chi connectivity index (χ1v) is 8.62. The standard InChI is InChI=1S/C16H20BrN3S/c1-16(2,3)21-10-12-19-14(11-8-6-5-7-9-11)13(17)15(18-4)20-12/h5-9H,10H2,1-4H3,(H,18,19,20). The van der Waals surface area contributed by atoms with Crippen LogP contribution >= 0.6 is 27.7 Å². The van der Waals surface area contributed by atoms with Gasteiger partial charge in [0.05, 0.1) is 15.9 Å². The molecular weight excluding hydrogens is 346 g/mol. The predicted octanol–water partition coefficient (Wildman–Crippen LogP) is 4.98. The Balaban J connectivity index is 2.40. The Morgan fingerprint density at radius 1 is 1.14 bits per heavy atom. The van der Waals surface area contributed by atoms with Crippen LogP contribution in [0.4, 0.5) is 5.82 Å². The summed E-state index contributed by atoms with van der Waals surface area (Å²) in [7, 11) is 1.88.